The molecular weight excluding hydrogens is 362 g/mol. The van der Waals surface area contributed by atoms with Gasteiger partial charge in [0.25, 0.3) is 5.91 Å². The molecular formula is C19H25N5O4. The highest BCUT2D eigenvalue weighted by atomic mass is 16.5. The number of furan rings is 1. The number of hydrogen-bond donors (Lipinski definition) is 0. The third kappa shape index (κ3) is 3.54. The molecule has 1 fully saturated rings. The van der Waals surface area contributed by atoms with Gasteiger partial charge in [-0.1, -0.05) is 0 Å². The Kier molecular flexibility index (Phi) is 5.43. The molecule has 0 aliphatic carbocycles. The maximum atomic E-state index is 12.6. The molecule has 2 aliphatic heterocycles. The molecule has 1 saturated heterocycles. The number of rotatable bonds is 4. The predicted octanol–water partition coefficient (Wildman–Crippen LogP) is 1.27. The number of carbonyl (C=O) groups excluding carboxylic acids is 2. The van der Waals surface area contributed by atoms with Crippen LogP contribution in [-0.4, -0.2) is 69.7 Å². The zero-order valence-electron chi connectivity index (χ0n) is 16.0. The van der Waals surface area contributed by atoms with E-state index in [1.807, 2.05) is 4.90 Å². The van der Waals surface area contributed by atoms with E-state index in [1.165, 1.54) is 13.4 Å². The highest BCUT2D eigenvalue weighted by Crippen LogP contribution is 2.31. The number of hydrogen-bond acceptors (Lipinski definition) is 6. The summed E-state index contributed by atoms with van der Waals surface area (Å²) in [5, 5.41) is 8.80. The minimum absolute atomic E-state index is 0.0206. The van der Waals surface area contributed by atoms with Crippen molar-refractivity contribution in [1.29, 1.82) is 0 Å². The number of fused-ring (bicyclic) bond motifs is 1. The fourth-order valence-corrected chi connectivity index (χ4v) is 4.06. The molecule has 0 saturated carbocycles. The molecule has 9 heteroatoms. The smallest absolute Gasteiger partial charge is 0.289 e. The fraction of sp³-hybridized carbons (Fsp3) is 0.579. The first-order chi connectivity index (χ1) is 13.7. The lowest BCUT2D eigenvalue weighted by Crippen LogP contribution is -2.41. The lowest BCUT2D eigenvalue weighted by atomic mass is 10.0. The number of likely N-dealkylation sites (tertiary alicyclic amines) is 1. The zero-order chi connectivity index (χ0) is 19.5. The van der Waals surface area contributed by atoms with Crippen molar-refractivity contribution in [1.82, 2.24) is 24.6 Å². The van der Waals surface area contributed by atoms with Gasteiger partial charge in [-0.15, -0.1) is 10.2 Å². The SMILES string of the molecule is COCC(=O)N1CCCCC1c1nnc2n1CCN(C(=O)c1ccco1)CC2. The molecule has 4 rings (SSSR count). The van der Waals surface area contributed by atoms with Crippen LogP contribution in [0.1, 0.15) is 47.5 Å². The summed E-state index contributed by atoms with van der Waals surface area (Å²) < 4.78 is 12.4. The average Bonchev–Trinajstić information content (AvgIpc) is 3.34. The van der Waals surface area contributed by atoms with Gasteiger partial charge in [0.2, 0.25) is 5.91 Å². The molecule has 0 N–H and O–H groups in total. The largest absolute Gasteiger partial charge is 0.459 e. The Morgan fingerprint density at radius 1 is 1.21 bits per heavy atom. The molecule has 2 aliphatic rings. The molecule has 0 radical (unpaired) electrons. The topological polar surface area (TPSA) is 93.7 Å². The van der Waals surface area contributed by atoms with Crippen molar-refractivity contribution < 1.29 is 18.7 Å². The predicted molar refractivity (Wildman–Crippen MR) is 98.5 cm³/mol. The van der Waals surface area contributed by atoms with Crippen molar-refractivity contribution in [3.63, 3.8) is 0 Å². The average molecular weight is 387 g/mol. The molecule has 1 unspecified atom stereocenters. The number of carbonyl (C=O) groups is 2. The summed E-state index contributed by atoms with van der Waals surface area (Å²) in [5.74, 6) is 1.88. The van der Waals surface area contributed by atoms with E-state index in [9.17, 15) is 9.59 Å². The number of methoxy groups -OCH3 is 1. The van der Waals surface area contributed by atoms with E-state index in [4.69, 9.17) is 9.15 Å². The molecule has 2 aromatic rings. The van der Waals surface area contributed by atoms with E-state index in [1.54, 1.807) is 17.0 Å². The normalized spacial score (nSPS) is 20.0. The summed E-state index contributed by atoms with van der Waals surface area (Å²) in [6.07, 6.45) is 5.03. The fourth-order valence-electron chi connectivity index (χ4n) is 4.06. The summed E-state index contributed by atoms with van der Waals surface area (Å²) in [6, 6.07) is 3.30. The van der Waals surface area contributed by atoms with Crippen LogP contribution < -0.4 is 0 Å². The first kappa shape index (κ1) is 18.7. The molecule has 0 spiro atoms. The quantitative estimate of drug-likeness (QED) is 0.784. The minimum Gasteiger partial charge on any atom is -0.459 e. The van der Waals surface area contributed by atoms with Crippen LogP contribution in [-0.2, 0) is 22.5 Å². The maximum Gasteiger partial charge on any atom is 0.289 e. The van der Waals surface area contributed by atoms with Gasteiger partial charge in [0.05, 0.1) is 12.3 Å². The van der Waals surface area contributed by atoms with Gasteiger partial charge in [-0.25, -0.2) is 0 Å². The van der Waals surface area contributed by atoms with Crippen LogP contribution in [0.25, 0.3) is 0 Å². The van der Waals surface area contributed by atoms with Gasteiger partial charge in [0.15, 0.2) is 11.6 Å². The van der Waals surface area contributed by atoms with Gasteiger partial charge in [0, 0.05) is 39.7 Å². The number of piperidine rings is 1. The summed E-state index contributed by atoms with van der Waals surface area (Å²) in [4.78, 5) is 28.7. The Morgan fingerprint density at radius 2 is 2.11 bits per heavy atom. The molecule has 0 aromatic carbocycles. The van der Waals surface area contributed by atoms with E-state index in [0.29, 0.717) is 38.4 Å². The van der Waals surface area contributed by atoms with Crippen LogP contribution in [0, 0.1) is 0 Å². The van der Waals surface area contributed by atoms with Crippen LogP contribution in [0.2, 0.25) is 0 Å². The van der Waals surface area contributed by atoms with Crippen molar-refractivity contribution in [3.8, 4) is 0 Å². The Hall–Kier alpha value is -2.68. The summed E-state index contributed by atoms with van der Waals surface area (Å²) in [5.41, 5.74) is 0. The van der Waals surface area contributed by atoms with E-state index < -0.39 is 0 Å². The Balaban J connectivity index is 1.53. The second-order valence-corrected chi connectivity index (χ2v) is 7.18. The molecule has 2 aromatic heterocycles. The second kappa shape index (κ2) is 8.14. The van der Waals surface area contributed by atoms with Gasteiger partial charge in [-0.2, -0.15) is 0 Å². The first-order valence-corrected chi connectivity index (χ1v) is 9.72. The van der Waals surface area contributed by atoms with Crippen LogP contribution >= 0.6 is 0 Å². The van der Waals surface area contributed by atoms with Crippen LogP contribution in [0.3, 0.4) is 0 Å². The summed E-state index contributed by atoms with van der Waals surface area (Å²) in [6.45, 7) is 2.50. The highest BCUT2D eigenvalue weighted by molar-refractivity contribution is 5.91. The standard InChI is InChI=1S/C19H25N5O4/c1-27-13-17(25)23-8-3-2-5-14(23)18-21-20-16-7-9-22(10-11-24(16)18)19(26)15-6-4-12-28-15/h4,6,12,14H,2-3,5,7-11,13H2,1H3. The van der Waals surface area contributed by atoms with Gasteiger partial charge in [0.1, 0.15) is 12.4 Å². The molecule has 28 heavy (non-hydrogen) atoms. The first-order valence-electron chi connectivity index (χ1n) is 9.72. The number of amides is 2. The number of aromatic nitrogens is 3. The second-order valence-electron chi connectivity index (χ2n) is 7.18. The Labute approximate surface area is 163 Å². The van der Waals surface area contributed by atoms with Crippen molar-refractivity contribution in [2.75, 3.05) is 33.4 Å². The van der Waals surface area contributed by atoms with E-state index >= 15 is 0 Å². The van der Waals surface area contributed by atoms with Gasteiger partial charge < -0.3 is 23.5 Å². The third-order valence-electron chi connectivity index (χ3n) is 5.46. The Morgan fingerprint density at radius 3 is 2.89 bits per heavy atom. The Bertz CT molecular complexity index is 832. The summed E-state index contributed by atoms with van der Waals surface area (Å²) in [7, 11) is 1.53. The van der Waals surface area contributed by atoms with Crippen LogP contribution in [0.4, 0.5) is 0 Å². The van der Waals surface area contributed by atoms with Crippen LogP contribution in [0.15, 0.2) is 22.8 Å². The molecule has 150 valence electrons. The van der Waals surface area contributed by atoms with Crippen molar-refractivity contribution in [3.05, 3.63) is 35.8 Å². The maximum absolute atomic E-state index is 12.6. The van der Waals surface area contributed by atoms with E-state index in [-0.39, 0.29) is 24.5 Å². The molecule has 0 bridgehead atoms. The lowest BCUT2D eigenvalue weighted by molar-refractivity contribution is -0.139. The molecule has 1 atom stereocenters. The van der Waals surface area contributed by atoms with Gasteiger partial charge in [-0.05, 0) is 31.4 Å². The zero-order valence-corrected chi connectivity index (χ0v) is 16.0. The number of nitrogens with zero attached hydrogens (tertiary/aromatic N) is 5. The molecule has 4 heterocycles. The van der Waals surface area contributed by atoms with Crippen molar-refractivity contribution in [2.45, 2.75) is 38.3 Å². The van der Waals surface area contributed by atoms with E-state index in [0.717, 1.165) is 30.9 Å². The third-order valence-corrected chi connectivity index (χ3v) is 5.46. The van der Waals surface area contributed by atoms with Crippen molar-refractivity contribution >= 4 is 11.8 Å². The lowest BCUT2D eigenvalue weighted by Gasteiger charge is -2.35. The molecule has 9 nitrogen and oxygen atoms in total. The highest BCUT2D eigenvalue weighted by Gasteiger charge is 2.33. The van der Waals surface area contributed by atoms with Gasteiger partial charge >= 0.3 is 0 Å². The minimum atomic E-state index is -0.111. The van der Waals surface area contributed by atoms with Crippen molar-refractivity contribution in [2.24, 2.45) is 0 Å². The van der Waals surface area contributed by atoms with Crippen LogP contribution in [0.5, 0.6) is 0 Å². The summed E-state index contributed by atoms with van der Waals surface area (Å²) >= 11 is 0. The van der Waals surface area contributed by atoms with Gasteiger partial charge in [-0.3, -0.25) is 9.59 Å². The number of ether oxygens (including phenoxy) is 1. The van der Waals surface area contributed by atoms with E-state index in [2.05, 4.69) is 14.8 Å². The molecule has 2 amide bonds. The monoisotopic (exact) mass is 387 g/mol.